The number of likely N-dealkylation sites (N-methyl/N-ethyl adjacent to an activating group) is 1. The highest BCUT2D eigenvalue weighted by atomic mass is 19.4. The number of hydrogen-bond donors (Lipinski definition) is 2. The first-order chi connectivity index (χ1) is 12.6. The molecule has 0 spiro atoms. The third kappa shape index (κ3) is 5.70. The fourth-order valence-electron chi connectivity index (χ4n) is 3.40. The summed E-state index contributed by atoms with van der Waals surface area (Å²) in [4.78, 5) is 28.5. The molecule has 2 aliphatic heterocycles. The van der Waals surface area contributed by atoms with Crippen molar-refractivity contribution in [2.24, 2.45) is 11.8 Å². The second kappa shape index (κ2) is 8.75. The van der Waals surface area contributed by atoms with Crippen LogP contribution >= 0.6 is 0 Å². The van der Waals surface area contributed by atoms with Gasteiger partial charge in [0, 0.05) is 31.7 Å². The van der Waals surface area contributed by atoms with E-state index in [1.54, 1.807) is 6.20 Å². The molecule has 0 aliphatic carbocycles. The average molecular weight is 391 g/mol. The van der Waals surface area contributed by atoms with E-state index in [2.05, 4.69) is 24.0 Å². The molecule has 1 amide bonds. The number of rotatable bonds is 3. The van der Waals surface area contributed by atoms with Crippen molar-refractivity contribution in [1.82, 2.24) is 14.8 Å². The van der Waals surface area contributed by atoms with Crippen LogP contribution in [0.25, 0.3) is 0 Å². The van der Waals surface area contributed by atoms with Gasteiger partial charge in [-0.2, -0.15) is 13.2 Å². The van der Waals surface area contributed by atoms with Gasteiger partial charge in [-0.1, -0.05) is 0 Å². The first kappa shape index (κ1) is 21.2. The third-order valence-corrected chi connectivity index (χ3v) is 4.71. The first-order valence-electron chi connectivity index (χ1n) is 8.58. The standard InChI is InChI=1S/C15H23N3O2.C2HF3O2/c1-17(2)9-14-12-8-18(7-5-11(12)10-20-14)15(19)13-4-3-6-16-13;3-2(4,5)1(6)7/h3-4,6,11-12,14,16H,5,7-10H2,1-2H3;(H,6,7)/t11-,12-,14+;/m0./s1. The van der Waals surface area contributed by atoms with Crippen LogP contribution < -0.4 is 0 Å². The van der Waals surface area contributed by atoms with Crippen LogP contribution in [0.3, 0.4) is 0 Å². The number of halogens is 3. The number of ether oxygens (including phenoxy) is 1. The number of alkyl halides is 3. The number of aromatic amines is 1. The smallest absolute Gasteiger partial charge is 0.475 e. The number of aromatic nitrogens is 1. The molecule has 2 aliphatic rings. The van der Waals surface area contributed by atoms with E-state index in [-0.39, 0.29) is 12.0 Å². The second-order valence-electron chi connectivity index (χ2n) is 6.98. The van der Waals surface area contributed by atoms with Crippen molar-refractivity contribution in [1.29, 1.82) is 0 Å². The van der Waals surface area contributed by atoms with Gasteiger partial charge in [0.2, 0.25) is 0 Å². The zero-order valence-corrected chi connectivity index (χ0v) is 15.2. The minimum absolute atomic E-state index is 0.115. The van der Waals surface area contributed by atoms with Crippen LogP contribution in [-0.2, 0) is 9.53 Å². The lowest BCUT2D eigenvalue weighted by atomic mass is 9.84. The molecule has 0 radical (unpaired) electrons. The van der Waals surface area contributed by atoms with Crippen LogP contribution in [0.1, 0.15) is 16.9 Å². The van der Waals surface area contributed by atoms with Crippen LogP contribution in [-0.4, -0.2) is 84.4 Å². The quantitative estimate of drug-likeness (QED) is 0.819. The molecule has 3 rings (SSSR count). The number of carbonyl (C=O) groups is 2. The normalized spacial score (nSPS) is 25.0. The van der Waals surface area contributed by atoms with E-state index >= 15 is 0 Å². The number of carboxylic acids is 1. The number of likely N-dealkylation sites (tertiary alicyclic amines) is 1. The molecule has 7 nitrogen and oxygen atoms in total. The van der Waals surface area contributed by atoms with Crippen molar-refractivity contribution < 1.29 is 32.6 Å². The monoisotopic (exact) mass is 391 g/mol. The van der Waals surface area contributed by atoms with Crippen LogP contribution in [0.5, 0.6) is 0 Å². The number of carbonyl (C=O) groups excluding carboxylic acids is 1. The van der Waals surface area contributed by atoms with E-state index in [9.17, 15) is 18.0 Å². The summed E-state index contributed by atoms with van der Waals surface area (Å²) in [7, 11) is 4.14. The molecule has 0 saturated carbocycles. The van der Waals surface area contributed by atoms with Gasteiger partial charge in [-0.15, -0.1) is 0 Å². The number of hydrogen-bond acceptors (Lipinski definition) is 4. The molecule has 0 bridgehead atoms. The Hall–Kier alpha value is -2.07. The summed E-state index contributed by atoms with van der Waals surface area (Å²) in [5.41, 5.74) is 0.687. The zero-order chi connectivity index (χ0) is 20.2. The predicted molar refractivity (Wildman–Crippen MR) is 90.3 cm³/mol. The van der Waals surface area contributed by atoms with Crippen molar-refractivity contribution in [3.8, 4) is 0 Å². The summed E-state index contributed by atoms with van der Waals surface area (Å²) in [5.74, 6) is -1.55. The predicted octanol–water partition coefficient (Wildman–Crippen LogP) is 1.69. The molecule has 10 heteroatoms. The summed E-state index contributed by atoms with van der Waals surface area (Å²) in [5, 5.41) is 7.12. The summed E-state index contributed by atoms with van der Waals surface area (Å²) in [6.45, 7) is 3.46. The fourth-order valence-corrected chi connectivity index (χ4v) is 3.40. The van der Waals surface area contributed by atoms with Gasteiger partial charge in [0.15, 0.2) is 0 Å². The van der Waals surface area contributed by atoms with Crippen molar-refractivity contribution in [3.63, 3.8) is 0 Å². The Morgan fingerprint density at radius 2 is 2.07 bits per heavy atom. The van der Waals surface area contributed by atoms with Gasteiger partial charge in [-0.05, 0) is 38.6 Å². The Labute approximate surface area is 155 Å². The highest BCUT2D eigenvalue weighted by Crippen LogP contribution is 2.34. The number of carboxylic acid groups (broad SMARTS) is 1. The molecule has 152 valence electrons. The van der Waals surface area contributed by atoms with E-state index in [1.165, 1.54) is 0 Å². The van der Waals surface area contributed by atoms with Crippen molar-refractivity contribution in [3.05, 3.63) is 24.0 Å². The number of piperidine rings is 1. The van der Waals surface area contributed by atoms with E-state index in [4.69, 9.17) is 14.6 Å². The van der Waals surface area contributed by atoms with Crippen molar-refractivity contribution in [2.75, 3.05) is 40.3 Å². The number of H-pyrrole nitrogens is 1. The summed E-state index contributed by atoms with van der Waals surface area (Å²) in [6, 6.07) is 3.71. The number of fused-ring (bicyclic) bond motifs is 1. The third-order valence-electron chi connectivity index (χ3n) is 4.71. The molecule has 1 aromatic rings. The minimum atomic E-state index is -5.08. The van der Waals surface area contributed by atoms with E-state index in [0.29, 0.717) is 17.5 Å². The number of nitrogens with one attached hydrogen (secondary N) is 1. The Morgan fingerprint density at radius 1 is 1.41 bits per heavy atom. The van der Waals surface area contributed by atoms with Crippen molar-refractivity contribution >= 4 is 11.9 Å². The van der Waals surface area contributed by atoms with Gasteiger partial charge in [-0.3, -0.25) is 4.79 Å². The molecule has 2 fully saturated rings. The van der Waals surface area contributed by atoms with Crippen LogP contribution in [0.2, 0.25) is 0 Å². The molecule has 2 N–H and O–H groups in total. The molecule has 27 heavy (non-hydrogen) atoms. The molecule has 3 atom stereocenters. The van der Waals surface area contributed by atoms with E-state index in [0.717, 1.165) is 32.7 Å². The fraction of sp³-hybridized carbons (Fsp3) is 0.647. The van der Waals surface area contributed by atoms with Gasteiger partial charge in [0.25, 0.3) is 5.91 Å². The Bertz CT molecular complexity index is 634. The van der Waals surface area contributed by atoms with Gasteiger partial charge in [0.1, 0.15) is 5.69 Å². The molecular formula is C17H24F3N3O4. The average Bonchev–Trinajstić information content (AvgIpc) is 3.23. The van der Waals surface area contributed by atoms with E-state index in [1.807, 2.05) is 17.0 Å². The van der Waals surface area contributed by atoms with Gasteiger partial charge in [-0.25, -0.2) is 4.79 Å². The van der Waals surface area contributed by atoms with Crippen LogP contribution in [0, 0.1) is 11.8 Å². The maximum atomic E-state index is 12.4. The SMILES string of the molecule is CN(C)C[C@H]1OC[C@@H]2CCN(C(=O)c3ccc[nH]3)C[C@@H]21.O=C(O)C(F)(F)F. The van der Waals surface area contributed by atoms with E-state index < -0.39 is 12.1 Å². The van der Waals surface area contributed by atoms with Crippen LogP contribution in [0.4, 0.5) is 13.2 Å². The Morgan fingerprint density at radius 3 is 2.59 bits per heavy atom. The maximum absolute atomic E-state index is 12.4. The summed E-state index contributed by atoms with van der Waals surface area (Å²) < 4.78 is 37.7. The Balaban J connectivity index is 0.000000321. The minimum Gasteiger partial charge on any atom is -0.475 e. The van der Waals surface area contributed by atoms with Crippen molar-refractivity contribution in [2.45, 2.75) is 18.7 Å². The second-order valence-corrected chi connectivity index (χ2v) is 6.98. The Kier molecular flexibility index (Phi) is 6.88. The summed E-state index contributed by atoms with van der Waals surface area (Å²) in [6.07, 6.45) is -1.97. The molecule has 2 saturated heterocycles. The topological polar surface area (TPSA) is 85.9 Å². The number of aliphatic carboxylic acids is 1. The molecule has 3 heterocycles. The number of nitrogens with zero attached hydrogens (tertiary/aromatic N) is 2. The molecule has 1 aromatic heterocycles. The van der Waals surface area contributed by atoms with Gasteiger partial charge in [0.05, 0.1) is 12.7 Å². The first-order valence-corrected chi connectivity index (χ1v) is 8.58. The number of amides is 1. The molecule has 0 aromatic carbocycles. The van der Waals surface area contributed by atoms with Gasteiger partial charge >= 0.3 is 12.1 Å². The highest BCUT2D eigenvalue weighted by Gasteiger charge is 2.42. The van der Waals surface area contributed by atoms with Gasteiger partial charge < -0.3 is 24.6 Å². The lowest BCUT2D eigenvalue weighted by molar-refractivity contribution is -0.192. The zero-order valence-electron chi connectivity index (χ0n) is 15.2. The lowest BCUT2D eigenvalue weighted by Gasteiger charge is -2.36. The molecular weight excluding hydrogens is 367 g/mol. The lowest BCUT2D eigenvalue weighted by Crippen LogP contribution is -2.47. The molecule has 0 unspecified atom stereocenters. The maximum Gasteiger partial charge on any atom is 0.490 e. The van der Waals surface area contributed by atoms with Crippen LogP contribution in [0.15, 0.2) is 18.3 Å². The largest absolute Gasteiger partial charge is 0.490 e. The summed E-state index contributed by atoms with van der Waals surface area (Å²) >= 11 is 0. The highest BCUT2D eigenvalue weighted by molar-refractivity contribution is 5.92.